The molecule has 4 nitrogen and oxygen atoms in total. The molecule has 2 atom stereocenters. The van der Waals surface area contributed by atoms with E-state index in [2.05, 4.69) is 0 Å². The highest BCUT2D eigenvalue weighted by Crippen LogP contribution is 2.29. The van der Waals surface area contributed by atoms with Crippen LogP contribution in [0.1, 0.15) is 25.0 Å². The van der Waals surface area contributed by atoms with Gasteiger partial charge < -0.3 is 20.4 Å². The minimum atomic E-state index is -0.560. The van der Waals surface area contributed by atoms with Crippen molar-refractivity contribution in [1.82, 2.24) is 0 Å². The standard InChI is InChI=1S/C12H18O4/c1-7(13)3-9-5-10(4-8(2)14)12(16)6-11(9)15/h5-8,13-16H,3-4H2,1-2H3. The molecular weight excluding hydrogens is 208 g/mol. The molecule has 4 heteroatoms. The lowest BCUT2D eigenvalue weighted by atomic mass is 10.00. The molecule has 0 spiro atoms. The Morgan fingerprint density at radius 1 is 0.875 bits per heavy atom. The Labute approximate surface area is 94.8 Å². The van der Waals surface area contributed by atoms with Crippen LogP contribution in [-0.4, -0.2) is 32.6 Å². The van der Waals surface area contributed by atoms with Gasteiger partial charge in [0.1, 0.15) is 11.5 Å². The van der Waals surface area contributed by atoms with Gasteiger partial charge in [-0.25, -0.2) is 0 Å². The van der Waals surface area contributed by atoms with Crippen LogP contribution in [0.25, 0.3) is 0 Å². The second-order valence-electron chi connectivity index (χ2n) is 4.22. The molecule has 0 saturated carbocycles. The van der Waals surface area contributed by atoms with Crippen LogP contribution in [0.3, 0.4) is 0 Å². The summed E-state index contributed by atoms with van der Waals surface area (Å²) in [7, 11) is 0. The van der Waals surface area contributed by atoms with Crippen molar-refractivity contribution in [3.63, 3.8) is 0 Å². The highest BCUT2D eigenvalue weighted by molar-refractivity contribution is 5.45. The van der Waals surface area contributed by atoms with Crippen molar-refractivity contribution in [3.8, 4) is 11.5 Å². The van der Waals surface area contributed by atoms with Crippen molar-refractivity contribution in [2.45, 2.75) is 38.9 Å². The summed E-state index contributed by atoms with van der Waals surface area (Å²) < 4.78 is 0. The van der Waals surface area contributed by atoms with Gasteiger partial charge in [0.15, 0.2) is 0 Å². The molecule has 16 heavy (non-hydrogen) atoms. The fourth-order valence-electron chi connectivity index (χ4n) is 1.64. The highest BCUT2D eigenvalue weighted by Gasteiger charge is 2.12. The normalized spacial score (nSPS) is 14.8. The third kappa shape index (κ3) is 3.40. The molecule has 2 unspecified atom stereocenters. The number of aromatic hydroxyl groups is 2. The molecule has 0 heterocycles. The van der Waals surface area contributed by atoms with E-state index in [0.29, 0.717) is 24.0 Å². The third-order valence-corrected chi connectivity index (χ3v) is 2.31. The largest absolute Gasteiger partial charge is 0.508 e. The van der Waals surface area contributed by atoms with E-state index in [1.807, 2.05) is 0 Å². The minimum absolute atomic E-state index is 0.0345. The van der Waals surface area contributed by atoms with Crippen LogP contribution >= 0.6 is 0 Å². The molecule has 0 aliphatic carbocycles. The number of benzene rings is 1. The van der Waals surface area contributed by atoms with Crippen molar-refractivity contribution in [3.05, 3.63) is 23.3 Å². The maximum absolute atomic E-state index is 9.57. The first kappa shape index (κ1) is 12.8. The highest BCUT2D eigenvalue weighted by atomic mass is 16.3. The van der Waals surface area contributed by atoms with Gasteiger partial charge >= 0.3 is 0 Å². The summed E-state index contributed by atoms with van der Waals surface area (Å²) in [5.41, 5.74) is 1.15. The smallest absolute Gasteiger partial charge is 0.122 e. The van der Waals surface area contributed by atoms with E-state index in [4.69, 9.17) is 0 Å². The lowest BCUT2D eigenvalue weighted by molar-refractivity contribution is 0.192. The third-order valence-electron chi connectivity index (χ3n) is 2.31. The van der Waals surface area contributed by atoms with Crippen LogP contribution in [0.4, 0.5) is 0 Å². The lowest BCUT2D eigenvalue weighted by Gasteiger charge is -2.12. The Hall–Kier alpha value is -1.26. The van der Waals surface area contributed by atoms with E-state index in [9.17, 15) is 20.4 Å². The first-order valence-electron chi connectivity index (χ1n) is 5.30. The predicted octanol–water partition coefficient (Wildman–Crippen LogP) is 0.944. The molecule has 1 aromatic carbocycles. The molecule has 1 rings (SSSR count). The molecule has 0 radical (unpaired) electrons. The molecule has 0 saturated heterocycles. The maximum Gasteiger partial charge on any atom is 0.122 e. The fraction of sp³-hybridized carbons (Fsp3) is 0.500. The summed E-state index contributed by atoms with van der Waals surface area (Å²) >= 11 is 0. The zero-order valence-corrected chi connectivity index (χ0v) is 9.51. The molecule has 0 amide bonds. The van der Waals surface area contributed by atoms with Gasteiger partial charge in [-0.05, 0) is 31.0 Å². The van der Waals surface area contributed by atoms with Gasteiger partial charge in [-0.3, -0.25) is 0 Å². The quantitative estimate of drug-likeness (QED) is 0.616. The van der Waals surface area contributed by atoms with Crippen molar-refractivity contribution in [1.29, 1.82) is 0 Å². The van der Waals surface area contributed by atoms with Crippen LogP contribution in [0.5, 0.6) is 11.5 Å². The van der Waals surface area contributed by atoms with Crippen LogP contribution in [0.15, 0.2) is 12.1 Å². The van der Waals surface area contributed by atoms with E-state index in [-0.39, 0.29) is 11.5 Å². The first-order valence-corrected chi connectivity index (χ1v) is 5.30. The van der Waals surface area contributed by atoms with Gasteiger partial charge in [0.05, 0.1) is 12.2 Å². The van der Waals surface area contributed by atoms with E-state index >= 15 is 0 Å². The lowest BCUT2D eigenvalue weighted by Crippen LogP contribution is -2.07. The van der Waals surface area contributed by atoms with Gasteiger partial charge in [-0.15, -0.1) is 0 Å². The predicted molar refractivity (Wildman–Crippen MR) is 60.5 cm³/mol. The summed E-state index contributed by atoms with van der Waals surface area (Å²) in [6.45, 7) is 3.25. The van der Waals surface area contributed by atoms with Crippen LogP contribution in [0, 0.1) is 0 Å². The molecular formula is C12H18O4. The monoisotopic (exact) mass is 226 g/mol. The topological polar surface area (TPSA) is 80.9 Å². The number of rotatable bonds is 4. The summed E-state index contributed by atoms with van der Waals surface area (Å²) in [5, 5.41) is 37.6. The van der Waals surface area contributed by atoms with E-state index in [1.165, 1.54) is 6.07 Å². The minimum Gasteiger partial charge on any atom is -0.508 e. The zero-order chi connectivity index (χ0) is 12.3. The summed E-state index contributed by atoms with van der Waals surface area (Å²) in [6.07, 6.45) is -0.484. The average molecular weight is 226 g/mol. The number of hydrogen-bond donors (Lipinski definition) is 4. The summed E-state index contributed by atoms with van der Waals surface area (Å²) in [4.78, 5) is 0. The van der Waals surface area contributed by atoms with Crippen molar-refractivity contribution in [2.24, 2.45) is 0 Å². The molecule has 0 bridgehead atoms. The number of phenolic OH excluding ortho intramolecular Hbond substituents is 2. The first-order chi connectivity index (χ1) is 7.40. The van der Waals surface area contributed by atoms with E-state index in [1.54, 1.807) is 19.9 Å². The molecule has 0 aromatic heterocycles. The Bertz CT molecular complexity index is 327. The van der Waals surface area contributed by atoms with E-state index < -0.39 is 12.2 Å². The zero-order valence-electron chi connectivity index (χ0n) is 9.51. The molecule has 4 N–H and O–H groups in total. The summed E-state index contributed by atoms with van der Waals surface area (Å²) in [6, 6.07) is 2.86. The number of aliphatic hydroxyl groups is 2. The van der Waals surface area contributed by atoms with Crippen molar-refractivity contribution in [2.75, 3.05) is 0 Å². The van der Waals surface area contributed by atoms with Gasteiger partial charge in [0.2, 0.25) is 0 Å². The molecule has 0 aliphatic rings. The number of aliphatic hydroxyl groups excluding tert-OH is 2. The molecule has 0 fully saturated rings. The fourth-order valence-corrected chi connectivity index (χ4v) is 1.64. The van der Waals surface area contributed by atoms with E-state index in [0.717, 1.165) is 0 Å². The Morgan fingerprint density at radius 3 is 1.56 bits per heavy atom. The van der Waals surface area contributed by atoms with Gasteiger partial charge in [-0.2, -0.15) is 0 Å². The van der Waals surface area contributed by atoms with Crippen LogP contribution in [0.2, 0.25) is 0 Å². The number of hydrogen-bond acceptors (Lipinski definition) is 4. The molecule has 1 aromatic rings. The summed E-state index contributed by atoms with van der Waals surface area (Å²) in [5.74, 6) is -0.0690. The Balaban J connectivity index is 3.01. The Kier molecular flexibility index (Phi) is 4.15. The average Bonchev–Trinajstić information content (AvgIpc) is 2.11. The van der Waals surface area contributed by atoms with Crippen LogP contribution in [-0.2, 0) is 12.8 Å². The van der Waals surface area contributed by atoms with Gasteiger partial charge in [-0.1, -0.05) is 0 Å². The SMILES string of the molecule is CC(O)Cc1cc(CC(C)O)c(O)cc1O. The second-order valence-corrected chi connectivity index (χ2v) is 4.22. The van der Waals surface area contributed by atoms with Crippen LogP contribution < -0.4 is 0 Å². The molecule has 90 valence electrons. The number of phenols is 2. The molecule has 0 aliphatic heterocycles. The Morgan fingerprint density at radius 2 is 1.25 bits per heavy atom. The van der Waals surface area contributed by atoms with Crippen molar-refractivity contribution >= 4 is 0 Å². The van der Waals surface area contributed by atoms with Gasteiger partial charge in [0, 0.05) is 18.9 Å². The van der Waals surface area contributed by atoms with Gasteiger partial charge in [0.25, 0.3) is 0 Å². The maximum atomic E-state index is 9.57. The van der Waals surface area contributed by atoms with Crippen molar-refractivity contribution < 1.29 is 20.4 Å². The second kappa shape index (κ2) is 5.18.